The fourth-order valence-electron chi connectivity index (χ4n) is 2.75. The zero-order valence-corrected chi connectivity index (χ0v) is 13.0. The molecule has 3 rings (SSSR count). The lowest BCUT2D eigenvalue weighted by atomic mass is 9.91. The van der Waals surface area contributed by atoms with Gasteiger partial charge in [-0.2, -0.15) is 0 Å². The molecule has 1 fully saturated rings. The standard InChI is InChI=1S/C19H17FO4/c20-16-8-6-14(7-9-16)12-19(11-10-17(21)24-19)18(22)23-13-15-4-2-1-3-5-15/h1-9H,10-13H2. The lowest BCUT2D eigenvalue weighted by Gasteiger charge is -2.25. The topological polar surface area (TPSA) is 52.6 Å². The highest BCUT2D eigenvalue weighted by molar-refractivity contribution is 5.87. The molecule has 0 radical (unpaired) electrons. The van der Waals surface area contributed by atoms with Crippen LogP contribution < -0.4 is 0 Å². The number of carbonyl (C=O) groups is 2. The van der Waals surface area contributed by atoms with Gasteiger partial charge in [0.1, 0.15) is 12.4 Å². The molecule has 0 aliphatic carbocycles. The molecular weight excluding hydrogens is 311 g/mol. The Balaban J connectivity index is 1.74. The molecular formula is C19H17FO4. The Morgan fingerprint density at radius 1 is 1.08 bits per heavy atom. The molecule has 1 unspecified atom stereocenters. The van der Waals surface area contributed by atoms with Gasteiger partial charge in [0.15, 0.2) is 0 Å². The second kappa shape index (κ2) is 6.83. The van der Waals surface area contributed by atoms with E-state index in [1.807, 2.05) is 30.3 Å². The molecule has 124 valence electrons. The molecule has 2 aromatic rings. The predicted octanol–water partition coefficient (Wildman–Crippen LogP) is 3.19. The number of ether oxygens (including phenoxy) is 2. The lowest BCUT2D eigenvalue weighted by molar-refractivity contribution is -0.175. The third-order valence-corrected chi connectivity index (χ3v) is 4.03. The second-order valence-corrected chi connectivity index (χ2v) is 5.83. The van der Waals surface area contributed by atoms with Gasteiger partial charge in [0, 0.05) is 19.3 Å². The van der Waals surface area contributed by atoms with Crippen LogP contribution in [0.15, 0.2) is 54.6 Å². The van der Waals surface area contributed by atoms with Crippen LogP contribution in [0.4, 0.5) is 4.39 Å². The van der Waals surface area contributed by atoms with E-state index < -0.39 is 17.5 Å². The molecule has 1 aliphatic rings. The van der Waals surface area contributed by atoms with Gasteiger partial charge in [-0.3, -0.25) is 4.79 Å². The highest BCUT2D eigenvalue weighted by Gasteiger charge is 2.48. The van der Waals surface area contributed by atoms with Gasteiger partial charge in [-0.15, -0.1) is 0 Å². The van der Waals surface area contributed by atoms with Crippen LogP contribution in [0.1, 0.15) is 24.0 Å². The molecule has 5 heteroatoms. The third kappa shape index (κ3) is 3.62. The second-order valence-electron chi connectivity index (χ2n) is 5.83. The van der Waals surface area contributed by atoms with Gasteiger partial charge in [-0.1, -0.05) is 42.5 Å². The van der Waals surface area contributed by atoms with Gasteiger partial charge in [0.05, 0.1) is 0 Å². The SMILES string of the molecule is O=C1CCC(Cc2ccc(F)cc2)(C(=O)OCc2ccccc2)O1. The molecule has 1 heterocycles. The number of esters is 2. The van der Waals surface area contributed by atoms with Crippen LogP contribution in [-0.4, -0.2) is 17.5 Å². The highest BCUT2D eigenvalue weighted by Crippen LogP contribution is 2.32. The van der Waals surface area contributed by atoms with E-state index in [0.717, 1.165) is 5.56 Å². The van der Waals surface area contributed by atoms with Crippen molar-refractivity contribution in [2.24, 2.45) is 0 Å². The Hall–Kier alpha value is -2.69. The summed E-state index contributed by atoms with van der Waals surface area (Å²) < 4.78 is 23.7. The number of carbonyl (C=O) groups excluding carboxylic acids is 2. The summed E-state index contributed by atoms with van der Waals surface area (Å²) >= 11 is 0. The minimum Gasteiger partial charge on any atom is -0.458 e. The van der Waals surface area contributed by atoms with Crippen molar-refractivity contribution in [2.45, 2.75) is 31.5 Å². The normalized spacial score (nSPS) is 19.8. The molecule has 2 aromatic carbocycles. The lowest BCUT2D eigenvalue weighted by Crippen LogP contribution is -2.42. The van der Waals surface area contributed by atoms with Crippen molar-refractivity contribution in [2.75, 3.05) is 0 Å². The van der Waals surface area contributed by atoms with E-state index in [1.54, 1.807) is 12.1 Å². The van der Waals surface area contributed by atoms with Crippen molar-refractivity contribution >= 4 is 11.9 Å². The van der Waals surface area contributed by atoms with Crippen molar-refractivity contribution in [1.29, 1.82) is 0 Å². The summed E-state index contributed by atoms with van der Waals surface area (Å²) in [5.41, 5.74) is 0.235. The Morgan fingerprint density at radius 3 is 2.42 bits per heavy atom. The van der Waals surface area contributed by atoms with E-state index in [0.29, 0.717) is 5.56 Å². The molecule has 0 spiro atoms. The van der Waals surface area contributed by atoms with Crippen molar-refractivity contribution in [1.82, 2.24) is 0 Å². The van der Waals surface area contributed by atoms with E-state index in [1.165, 1.54) is 12.1 Å². The summed E-state index contributed by atoms with van der Waals surface area (Å²) in [6.07, 6.45) is 0.602. The summed E-state index contributed by atoms with van der Waals surface area (Å²) in [4.78, 5) is 24.2. The Labute approximate surface area is 139 Å². The maximum atomic E-state index is 13.0. The molecule has 1 aliphatic heterocycles. The number of cyclic esters (lactones) is 1. The van der Waals surface area contributed by atoms with Crippen LogP contribution in [0.3, 0.4) is 0 Å². The Bertz CT molecular complexity index is 727. The molecule has 1 atom stereocenters. The molecule has 0 N–H and O–H groups in total. The van der Waals surface area contributed by atoms with Crippen LogP contribution >= 0.6 is 0 Å². The monoisotopic (exact) mass is 328 g/mol. The summed E-state index contributed by atoms with van der Waals surface area (Å²) in [5, 5.41) is 0. The van der Waals surface area contributed by atoms with Gasteiger partial charge in [-0.05, 0) is 23.3 Å². The summed E-state index contributed by atoms with van der Waals surface area (Å²) in [6, 6.07) is 15.1. The first-order chi connectivity index (χ1) is 11.6. The smallest absolute Gasteiger partial charge is 0.351 e. The maximum absolute atomic E-state index is 13.0. The number of rotatable bonds is 5. The van der Waals surface area contributed by atoms with Crippen LogP contribution in [0.2, 0.25) is 0 Å². The van der Waals surface area contributed by atoms with Gasteiger partial charge in [-0.25, -0.2) is 9.18 Å². The number of halogens is 1. The number of hydrogen-bond acceptors (Lipinski definition) is 4. The average Bonchev–Trinajstić information content (AvgIpc) is 2.98. The van der Waals surface area contributed by atoms with E-state index in [-0.39, 0.29) is 31.7 Å². The molecule has 0 aromatic heterocycles. The molecule has 1 saturated heterocycles. The van der Waals surface area contributed by atoms with E-state index >= 15 is 0 Å². The van der Waals surface area contributed by atoms with Crippen molar-refractivity contribution in [3.63, 3.8) is 0 Å². The first-order valence-electron chi connectivity index (χ1n) is 7.75. The highest BCUT2D eigenvalue weighted by atomic mass is 19.1. The van der Waals surface area contributed by atoms with Gasteiger partial charge < -0.3 is 9.47 Å². The fourth-order valence-corrected chi connectivity index (χ4v) is 2.75. The van der Waals surface area contributed by atoms with Crippen LogP contribution in [-0.2, 0) is 32.1 Å². The molecule has 4 nitrogen and oxygen atoms in total. The minimum atomic E-state index is -1.33. The van der Waals surface area contributed by atoms with Crippen LogP contribution in [0.5, 0.6) is 0 Å². The fraction of sp³-hybridized carbons (Fsp3) is 0.263. The van der Waals surface area contributed by atoms with E-state index in [9.17, 15) is 14.0 Å². The number of benzene rings is 2. The Kier molecular flexibility index (Phi) is 4.60. The summed E-state index contributed by atoms with van der Waals surface area (Å²) in [5.74, 6) is -1.35. The average molecular weight is 328 g/mol. The molecule has 0 saturated carbocycles. The molecule has 24 heavy (non-hydrogen) atoms. The van der Waals surface area contributed by atoms with Crippen molar-refractivity contribution < 1.29 is 23.5 Å². The van der Waals surface area contributed by atoms with Crippen LogP contribution in [0, 0.1) is 5.82 Å². The maximum Gasteiger partial charge on any atom is 0.351 e. The largest absolute Gasteiger partial charge is 0.458 e. The van der Waals surface area contributed by atoms with Crippen molar-refractivity contribution in [3.8, 4) is 0 Å². The first-order valence-corrected chi connectivity index (χ1v) is 7.75. The summed E-state index contributed by atoms with van der Waals surface area (Å²) in [7, 11) is 0. The molecule has 0 amide bonds. The van der Waals surface area contributed by atoms with E-state index in [2.05, 4.69) is 0 Å². The van der Waals surface area contributed by atoms with Gasteiger partial charge >= 0.3 is 11.9 Å². The minimum absolute atomic E-state index is 0.113. The zero-order chi connectivity index (χ0) is 17.0. The van der Waals surface area contributed by atoms with Gasteiger partial charge in [0.25, 0.3) is 0 Å². The quantitative estimate of drug-likeness (QED) is 0.791. The summed E-state index contributed by atoms with van der Waals surface area (Å²) in [6.45, 7) is 0.113. The van der Waals surface area contributed by atoms with Crippen LogP contribution in [0.25, 0.3) is 0 Å². The third-order valence-electron chi connectivity index (χ3n) is 4.03. The molecule has 0 bridgehead atoms. The van der Waals surface area contributed by atoms with E-state index in [4.69, 9.17) is 9.47 Å². The first kappa shape index (κ1) is 16.2. The predicted molar refractivity (Wildman–Crippen MR) is 84.4 cm³/mol. The zero-order valence-electron chi connectivity index (χ0n) is 13.0. The van der Waals surface area contributed by atoms with Gasteiger partial charge in [0.2, 0.25) is 5.60 Å². The Morgan fingerprint density at radius 2 is 1.79 bits per heavy atom. The van der Waals surface area contributed by atoms with Crippen molar-refractivity contribution in [3.05, 3.63) is 71.5 Å². The number of hydrogen-bond donors (Lipinski definition) is 0.